The molecule has 0 radical (unpaired) electrons. The number of nitrogens with zero attached hydrogens (tertiary/aromatic N) is 3. The Morgan fingerprint density at radius 3 is 2.70 bits per heavy atom. The number of aromatic amines is 1. The van der Waals surface area contributed by atoms with Crippen molar-refractivity contribution in [1.29, 1.82) is 0 Å². The fraction of sp³-hybridized carbons (Fsp3) is 0.583. The predicted octanol–water partition coefficient (Wildman–Crippen LogP) is -0.781. The zero-order valence-electron chi connectivity index (χ0n) is 11.4. The summed E-state index contributed by atoms with van der Waals surface area (Å²) in [6.45, 7) is 0. The molecular formula is C12H17N5O3. The molecule has 108 valence electrons. The molecule has 3 rings (SSSR count). The van der Waals surface area contributed by atoms with E-state index >= 15 is 0 Å². The minimum Gasteiger partial charge on any atom is -0.460 e. The first kappa shape index (κ1) is 12.9. The van der Waals surface area contributed by atoms with Gasteiger partial charge in [0, 0.05) is 20.1 Å². The first-order valence-electron chi connectivity index (χ1n) is 6.57. The van der Waals surface area contributed by atoms with E-state index in [2.05, 4.69) is 9.97 Å². The average Bonchev–Trinajstić information content (AvgIpc) is 3.02. The highest BCUT2D eigenvalue weighted by Gasteiger charge is 2.27. The third-order valence-corrected chi connectivity index (χ3v) is 3.84. The van der Waals surface area contributed by atoms with E-state index in [-0.39, 0.29) is 23.7 Å². The van der Waals surface area contributed by atoms with Gasteiger partial charge < -0.3 is 15.5 Å². The van der Waals surface area contributed by atoms with E-state index in [1.165, 1.54) is 11.6 Å². The van der Waals surface area contributed by atoms with Gasteiger partial charge in [-0.2, -0.15) is 4.98 Å². The highest BCUT2D eigenvalue weighted by Crippen LogP contribution is 2.22. The predicted molar refractivity (Wildman–Crippen MR) is 72.8 cm³/mol. The zero-order valence-corrected chi connectivity index (χ0v) is 11.4. The monoisotopic (exact) mass is 279 g/mol. The molecule has 2 unspecified atom stereocenters. The lowest BCUT2D eigenvalue weighted by Crippen LogP contribution is -2.36. The van der Waals surface area contributed by atoms with Gasteiger partial charge in [0.1, 0.15) is 6.10 Å². The molecule has 2 atom stereocenters. The van der Waals surface area contributed by atoms with Crippen molar-refractivity contribution in [2.75, 3.05) is 0 Å². The van der Waals surface area contributed by atoms with Crippen molar-refractivity contribution >= 4 is 11.2 Å². The zero-order chi connectivity index (χ0) is 14.4. The van der Waals surface area contributed by atoms with Gasteiger partial charge in [0.25, 0.3) is 11.6 Å². The van der Waals surface area contributed by atoms with Gasteiger partial charge in [-0.3, -0.25) is 13.9 Å². The summed E-state index contributed by atoms with van der Waals surface area (Å²) in [7, 11) is 2.99. The molecule has 2 aromatic heterocycles. The van der Waals surface area contributed by atoms with Crippen LogP contribution in [0.5, 0.6) is 6.01 Å². The number of nitrogens with one attached hydrogen (secondary N) is 1. The minimum atomic E-state index is -0.418. The van der Waals surface area contributed by atoms with Crippen molar-refractivity contribution in [3.8, 4) is 6.01 Å². The number of hydrogen-bond acceptors (Lipinski definition) is 5. The van der Waals surface area contributed by atoms with E-state index in [1.54, 1.807) is 7.05 Å². The number of H-pyrrole nitrogens is 1. The normalized spacial score (nSPS) is 22.6. The third-order valence-electron chi connectivity index (χ3n) is 3.84. The molecule has 8 heteroatoms. The molecular weight excluding hydrogens is 262 g/mol. The smallest absolute Gasteiger partial charge is 0.332 e. The Bertz CT molecular complexity index is 772. The highest BCUT2D eigenvalue weighted by molar-refractivity contribution is 5.70. The molecule has 1 aliphatic carbocycles. The second-order valence-corrected chi connectivity index (χ2v) is 5.20. The first-order valence-corrected chi connectivity index (χ1v) is 6.57. The molecule has 1 saturated carbocycles. The Kier molecular flexibility index (Phi) is 2.89. The Balaban J connectivity index is 2.07. The van der Waals surface area contributed by atoms with Crippen LogP contribution >= 0.6 is 0 Å². The number of hydrogen-bond donors (Lipinski definition) is 2. The number of imidazole rings is 1. The quantitative estimate of drug-likeness (QED) is 0.749. The van der Waals surface area contributed by atoms with Crippen LogP contribution in [0.1, 0.15) is 19.3 Å². The molecule has 1 fully saturated rings. The van der Waals surface area contributed by atoms with Crippen LogP contribution < -0.4 is 21.7 Å². The summed E-state index contributed by atoms with van der Waals surface area (Å²) < 4.78 is 8.05. The number of fused-ring (bicyclic) bond motifs is 1. The number of nitrogens with two attached hydrogens (primary N) is 1. The fourth-order valence-electron chi connectivity index (χ4n) is 2.61. The van der Waals surface area contributed by atoms with Gasteiger partial charge in [-0.25, -0.2) is 4.79 Å². The summed E-state index contributed by atoms with van der Waals surface area (Å²) in [4.78, 5) is 30.9. The lowest BCUT2D eigenvalue weighted by molar-refractivity contribution is 0.177. The lowest BCUT2D eigenvalue weighted by atomic mass is 10.2. The summed E-state index contributed by atoms with van der Waals surface area (Å²) >= 11 is 0. The summed E-state index contributed by atoms with van der Waals surface area (Å²) in [6.07, 6.45) is 2.71. The van der Waals surface area contributed by atoms with Crippen LogP contribution in [0.15, 0.2) is 9.59 Å². The van der Waals surface area contributed by atoms with Gasteiger partial charge in [0.05, 0.1) is 0 Å². The molecule has 1 aliphatic rings. The van der Waals surface area contributed by atoms with Crippen LogP contribution in [-0.4, -0.2) is 31.2 Å². The van der Waals surface area contributed by atoms with Gasteiger partial charge in [0.15, 0.2) is 11.2 Å². The van der Waals surface area contributed by atoms with Crippen molar-refractivity contribution in [3.63, 3.8) is 0 Å². The number of rotatable bonds is 2. The second-order valence-electron chi connectivity index (χ2n) is 5.20. The largest absolute Gasteiger partial charge is 0.460 e. The van der Waals surface area contributed by atoms with Crippen LogP contribution in [0.3, 0.4) is 0 Å². The number of aryl methyl sites for hydroxylation is 1. The Labute approximate surface area is 114 Å². The Morgan fingerprint density at radius 2 is 2.05 bits per heavy atom. The molecule has 0 saturated heterocycles. The number of aromatic nitrogens is 4. The number of ether oxygens (including phenoxy) is 1. The van der Waals surface area contributed by atoms with Crippen LogP contribution in [0.2, 0.25) is 0 Å². The molecule has 0 aromatic carbocycles. The van der Waals surface area contributed by atoms with Crippen molar-refractivity contribution < 1.29 is 4.74 Å². The molecule has 20 heavy (non-hydrogen) atoms. The molecule has 3 N–H and O–H groups in total. The molecule has 2 aromatic rings. The van der Waals surface area contributed by atoms with Crippen LogP contribution in [-0.2, 0) is 14.1 Å². The SMILES string of the molecule is Cn1c(=O)c2[nH]c(OC3CCCC3N)nc2n(C)c1=O. The van der Waals surface area contributed by atoms with Crippen molar-refractivity contribution in [2.24, 2.45) is 19.8 Å². The second kappa shape index (κ2) is 4.48. The molecule has 0 bridgehead atoms. The van der Waals surface area contributed by atoms with Gasteiger partial charge in [-0.05, 0) is 19.3 Å². The van der Waals surface area contributed by atoms with Gasteiger partial charge in [-0.15, -0.1) is 0 Å². The van der Waals surface area contributed by atoms with Gasteiger partial charge in [-0.1, -0.05) is 0 Å². The van der Waals surface area contributed by atoms with E-state index in [9.17, 15) is 9.59 Å². The summed E-state index contributed by atoms with van der Waals surface area (Å²) in [5, 5.41) is 0. The van der Waals surface area contributed by atoms with E-state index in [0.29, 0.717) is 5.65 Å². The molecule has 0 aliphatic heterocycles. The molecule has 0 amide bonds. The van der Waals surface area contributed by atoms with E-state index in [1.807, 2.05) is 0 Å². The maximum Gasteiger partial charge on any atom is 0.332 e. The summed E-state index contributed by atoms with van der Waals surface area (Å²) in [5.41, 5.74) is 5.66. The molecule has 8 nitrogen and oxygen atoms in total. The fourth-order valence-corrected chi connectivity index (χ4v) is 2.61. The minimum absolute atomic E-state index is 0.0186. The molecule has 2 heterocycles. The van der Waals surface area contributed by atoms with Gasteiger partial charge >= 0.3 is 5.69 Å². The Morgan fingerprint density at radius 1 is 1.30 bits per heavy atom. The lowest BCUT2D eigenvalue weighted by Gasteiger charge is -2.14. The molecule has 0 spiro atoms. The first-order chi connectivity index (χ1) is 9.49. The standard InChI is InChI=1S/C12H17N5O3/c1-16-9-8(10(18)17(2)12(16)19)14-11(15-9)20-7-5-3-4-6(7)13/h6-7H,3-5,13H2,1-2H3,(H,14,15). The van der Waals surface area contributed by atoms with Gasteiger partial charge in [0.2, 0.25) is 0 Å². The van der Waals surface area contributed by atoms with E-state index in [4.69, 9.17) is 10.5 Å². The van der Waals surface area contributed by atoms with Crippen molar-refractivity contribution in [1.82, 2.24) is 19.1 Å². The Hall–Kier alpha value is -2.09. The topological polar surface area (TPSA) is 108 Å². The van der Waals surface area contributed by atoms with E-state index in [0.717, 1.165) is 23.8 Å². The van der Waals surface area contributed by atoms with Crippen molar-refractivity contribution in [3.05, 3.63) is 20.8 Å². The maximum atomic E-state index is 12.0. The van der Waals surface area contributed by atoms with E-state index < -0.39 is 11.2 Å². The van der Waals surface area contributed by atoms with Crippen LogP contribution in [0.4, 0.5) is 0 Å². The van der Waals surface area contributed by atoms with Crippen LogP contribution in [0.25, 0.3) is 11.2 Å². The highest BCUT2D eigenvalue weighted by atomic mass is 16.5. The third kappa shape index (κ3) is 1.83. The van der Waals surface area contributed by atoms with Crippen molar-refractivity contribution in [2.45, 2.75) is 31.4 Å². The summed E-state index contributed by atoms with van der Waals surface area (Å²) in [5.74, 6) is 0. The average molecular weight is 279 g/mol. The maximum absolute atomic E-state index is 12.0. The van der Waals surface area contributed by atoms with Crippen LogP contribution in [0, 0.1) is 0 Å². The summed E-state index contributed by atoms with van der Waals surface area (Å²) in [6, 6.07) is 0.218.